The van der Waals surface area contributed by atoms with Crippen molar-refractivity contribution in [2.75, 3.05) is 26.2 Å². The molecule has 2 N–H and O–H groups in total. The summed E-state index contributed by atoms with van der Waals surface area (Å²) in [7, 11) is -3.45. The monoisotopic (exact) mass is 377 g/mol. The second kappa shape index (κ2) is 7.58. The highest BCUT2D eigenvalue weighted by atomic mass is 32.2. The molecular formula is C20H31N3O2S. The summed E-state index contributed by atoms with van der Waals surface area (Å²) in [6.45, 7) is 5.85. The Morgan fingerprint density at radius 1 is 1.15 bits per heavy atom. The standard InChI is InChI=1S/C20H31N3O2S/c1-2-15-6-8-18(9-7-15)26(24,25)22-14-20-17-11-16(12-21-13-17)19-5-3-4-10-23(19)20/h6-9,16-17,19-22H,2-5,10-14H2,1H3/t16-,17+,19+,20+/m1/s1. The van der Waals surface area contributed by atoms with Crippen LogP contribution in [0.1, 0.15) is 38.2 Å². The molecule has 144 valence electrons. The van der Waals surface area contributed by atoms with E-state index in [1.165, 1.54) is 25.7 Å². The molecule has 1 aromatic rings. The molecule has 0 unspecified atom stereocenters. The Morgan fingerprint density at radius 2 is 1.92 bits per heavy atom. The van der Waals surface area contributed by atoms with E-state index < -0.39 is 10.0 Å². The number of rotatable bonds is 5. The number of aryl methyl sites for hydroxylation is 1. The number of nitrogens with one attached hydrogen (secondary N) is 2. The predicted octanol–water partition coefficient (Wildman–Crippen LogP) is 1.99. The fourth-order valence-electron chi connectivity index (χ4n) is 5.23. The van der Waals surface area contributed by atoms with E-state index in [0.29, 0.717) is 29.4 Å². The molecule has 0 aromatic heterocycles. The van der Waals surface area contributed by atoms with Crippen LogP contribution in [0.4, 0.5) is 0 Å². The van der Waals surface area contributed by atoms with E-state index in [0.717, 1.165) is 37.5 Å². The molecule has 3 heterocycles. The van der Waals surface area contributed by atoms with Crippen molar-refractivity contribution in [1.29, 1.82) is 0 Å². The van der Waals surface area contributed by atoms with Crippen molar-refractivity contribution in [1.82, 2.24) is 14.9 Å². The van der Waals surface area contributed by atoms with Gasteiger partial charge in [-0.05, 0) is 74.8 Å². The molecule has 3 aliphatic rings. The Labute approximate surface area is 157 Å². The van der Waals surface area contributed by atoms with Gasteiger partial charge in [0, 0.05) is 18.6 Å². The molecule has 3 saturated heterocycles. The van der Waals surface area contributed by atoms with Gasteiger partial charge in [-0.2, -0.15) is 0 Å². The first-order valence-corrected chi connectivity index (χ1v) is 11.6. The highest BCUT2D eigenvalue weighted by Crippen LogP contribution is 2.38. The first kappa shape index (κ1) is 18.4. The van der Waals surface area contributed by atoms with Gasteiger partial charge >= 0.3 is 0 Å². The zero-order valence-corrected chi connectivity index (χ0v) is 16.5. The van der Waals surface area contributed by atoms with Crippen molar-refractivity contribution in [2.24, 2.45) is 11.8 Å². The topological polar surface area (TPSA) is 61.4 Å². The van der Waals surface area contributed by atoms with Crippen LogP contribution in [-0.4, -0.2) is 51.6 Å². The van der Waals surface area contributed by atoms with Crippen molar-refractivity contribution < 1.29 is 8.42 Å². The average Bonchev–Trinajstić information content (AvgIpc) is 2.68. The van der Waals surface area contributed by atoms with Gasteiger partial charge in [-0.25, -0.2) is 13.1 Å². The van der Waals surface area contributed by atoms with Gasteiger partial charge in [0.2, 0.25) is 10.0 Å². The van der Waals surface area contributed by atoms with Crippen LogP contribution >= 0.6 is 0 Å². The zero-order valence-electron chi connectivity index (χ0n) is 15.7. The van der Waals surface area contributed by atoms with Crippen LogP contribution < -0.4 is 10.0 Å². The summed E-state index contributed by atoms with van der Waals surface area (Å²) < 4.78 is 28.4. The lowest BCUT2D eigenvalue weighted by molar-refractivity contribution is -0.0360. The van der Waals surface area contributed by atoms with Crippen molar-refractivity contribution in [3.05, 3.63) is 29.8 Å². The van der Waals surface area contributed by atoms with E-state index in [2.05, 4.69) is 21.9 Å². The molecule has 2 bridgehead atoms. The van der Waals surface area contributed by atoms with Crippen LogP contribution in [0.15, 0.2) is 29.2 Å². The van der Waals surface area contributed by atoms with Gasteiger partial charge in [-0.15, -0.1) is 0 Å². The smallest absolute Gasteiger partial charge is 0.240 e. The van der Waals surface area contributed by atoms with Gasteiger partial charge in [0.1, 0.15) is 0 Å². The van der Waals surface area contributed by atoms with Crippen molar-refractivity contribution in [3.63, 3.8) is 0 Å². The maximum absolute atomic E-state index is 12.8. The molecule has 4 atom stereocenters. The van der Waals surface area contributed by atoms with E-state index in [4.69, 9.17) is 0 Å². The SMILES string of the molecule is CCc1ccc(S(=O)(=O)NC[C@H]2[C@@H]3CNC[C@@H](C3)[C@@H]3CCCCN32)cc1. The van der Waals surface area contributed by atoms with Crippen LogP contribution in [0.3, 0.4) is 0 Å². The van der Waals surface area contributed by atoms with Gasteiger partial charge in [0.25, 0.3) is 0 Å². The average molecular weight is 378 g/mol. The highest BCUT2D eigenvalue weighted by molar-refractivity contribution is 7.89. The highest BCUT2D eigenvalue weighted by Gasteiger charge is 2.45. The number of fused-ring (bicyclic) bond motifs is 4. The van der Waals surface area contributed by atoms with Crippen LogP contribution in [0.25, 0.3) is 0 Å². The number of hydrogen-bond acceptors (Lipinski definition) is 4. The summed E-state index contributed by atoms with van der Waals surface area (Å²) in [6.07, 6.45) is 5.98. The van der Waals surface area contributed by atoms with Crippen LogP contribution in [0.5, 0.6) is 0 Å². The van der Waals surface area contributed by atoms with Crippen LogP contribution in [0.2, 0.25) is 0 Å². The van der Waals surface area contributed by atoms with Crippen LogP contribution in [-0.2, 0) is 16.4 Å². The lowest BCUT2D eigenvalue weighted by Crippen LogP contribution is -2.65. The Bertz CT molecular complexity index is 719. The van der Waals surface area contributed by atoms with E-state index in [1.807, 2.05) is 12.1 Å². The first-order chi connectivity index (χ1) is 12.6. The largest absolute Gasteiger partial charge is 0.316 e. The lowest BCUT2D eigenvalue weighted by Gasteiger charge is -2.55. The minimum Gasteiger partial charge on any atom is -0.316 e. The third kappa shape index (κ3) is 3.57. The molecular weight excluding hydrogens is 346 g/mol. The number of piperidine rings is 3. The summed E-state index contributed by atoms with van der Waals surface area (Å²) in [4.78, 5) is 3.01. The summed E-state index contributed by atoms with van der Waals surface area (Å²) in [5, 5.41) is 3.59. The number of nitrogens with zero attached hydrogens (tertiary/aromatic N) is 1. The van der Waals surface area contributed by atoms with Crippen LogP contribution in [0, 0.1) is 11.8 Å². The molecule has 0 radical (unpaired) electrons. The zero-order chi connectivity index (χ0) is 18.1. The first-order valence-electron chi connectivity index (χ1n) is 10.1. The minimum atomic E-state index is -3.45. The molecule has 0 saturated carbocycles. The lowest BCUT2D eigenvalue weighted by atomic mass is 9.73. The molecule has 4 rings (SSSR count). The molecule has 0 spiro atoms. The van der Waals surface area contributed by atoms with Crippen molar-refractivity contribution >= 4 is 10.0 Å². The Morgan fingerprint density at radius 3 is 2.69 bits per heavy atom. The van der Waals surface area contributed by atoms with Gasteiger partial charge in [0.05, 0.1) is 4.90 Å². The minimum absolute atomic E-state index is 0.314. The van der Waals surface area contributed by atoms with Crippen molar-refractivity contribution in [2.45, 2.75) is 56.0 Å². The summed E-state index contributed by atoms with van der Waals surface area (Å²) in [5.74, 6) is 1.29. The van der Waals surface area contributed by atoms with Gasteiger partial charge < -0.3 is 5.32 Å². The Kier molecular flexibility index (Phi) is 5.37. The van der Waals surface area contributed by atoms with E-state index >= 15 is 0 Å². The molecule has 1 aromatic carbocycles. The van der Waals surface area contributed by atoms with Gasteiger partial charge in [-0.3, -0.25) is 4.90 Å². The summed E-state index contributed by atoms with van der Waals surface area (Å²) >= 11 is 0. The van der Waals surface area contributed by atoms with E-state index in [1.54, 1.807) is 12.1 Å². The van der Waals surface area contributed by atoms with Gasteiger partial charge in [-0.1, -0.05) is 25.5 Å². The molecule has 3 aliphatic heterocycles. The maximum Gasteiger partial charge on any atom is 0.240 e. The summed E-state index contributed by atoms with van der Waals surface area (Å²) in [6, 6.07) is 8.21. The van der Waals surface area contributed by atoms with E-state index in [-0.39, 0.29) is 0 Å². The van der Waals surface area contributed by atoms with Crippen molar-refractivity contribution in [3.8, 4) is 0 Å². The maximum atomic E-state index is 12.8. The van der Waals surface area contributed by atoms with E-state index in [9.17, 15) is 8.42 Å². The second-order valence-electron chi connectivity index (χ2n) is 8.13. The summed E-state index contributed by atoms with van der Waals surface area (Å²) in [5.41, 5.74) is 1.16. The number of sulfonamides is 1. The molecule has 5 nitrogen and oxygen atoms in total. The quantitative estimate of drug-likeness (QED) is 0.824. The molecule has 0 amide bonds. The fourth-order valence-corrected chi connectivity index (χ4v) is 6.28. The normalized spacial score (nSPS) is 32.2. The second-order valence-corrected chi connectivity index (χ2v) is 9.90. The third-order valence-corrected chi connectivity index (χ3v) is 8.09. The number of hydrogen-bond donors (Lipinski definition) is 2. The Hall–Kier alpha value is -0.950. The Balaban J connectivity index is 1.48. The molecule has 3 fully saturated rings. The van der Waals surface area contributed by atoms with Gasteiger partial charge in [0.15, 0.2) is 0 Å². The molecule has 6 heteroatoms. The molecule has 26 heavy (non-hydrogen) atoms. The number of benzene rings is 1. The fraction of sp³-hybridized carbons (Fsp3) is 0.700. The predicted molar refractivity (Wildman–Crippen MR) is 104 cm³/mol. The molecule has 0 aliphatic carbocycles. The third-order valence-electron chi connectivity index (χ3n) is 6.65.